The van der Waals surface area contributed by atoms with E-state index in [1.807, 2.05) is 26.0 Å². The van der Waals surface area contributed by atoms with Crippen LogP contribution in [-0.4, -0.2) is 20.5 Å². The van der Waals surface area contributed by atoms with Crippen molar-refractivity contribution in [2.75, 3.05) is 5.33 Å². The zero-order chi connectivity index (χ0) is 12.1. The van der Waals surface area contributed by atoms with Crippen molar-refractivity contribution in [3.8, 4) is 0 Å². The topological polar surface area (TPSA) is 0 Å². The predicted octanol–water partition coefficient (Wildman–Crippen LogP) is 5.45. The molecule has 0 aliphatic heterocycles. The molecule has 0 aliphatic rings. The predicted molar refractivity (Wildman–Crippen MR) is 79.2 cm³/mol. The first-order valence-corrected chi connectivity index (χ1v) is 7.53. The summed E-state index contributed by atoms with van der Waals surface area (Å²) in [5.41, 5.74) is 0. The summed E-state index contributed by atoms with van der Waals surface area (Å²) in [7, 11) is 0. The van der Waals surface area contributed by atoms with Crippen molar-refractivity contribution < 1.29 is 0 Å². The second-order valence-electron chi connectivity index (χ2n) is 3.62. The Morgan fingerprint density at radius 1 is 1.27 bits per heavy atom. The van der Waals surface area contributed by atoms with Crippen molar-refractivity contribution in [3.63, 3.8) is 0 Å². The number of halogens is 5. The Kier molecular flexibility index (Phi) is 7.51. The van der Waals surface area contributed by atoms with Gasteiger partial charge in [-0.05, 0) is 18.8 Å². The van der Waals surface area contributed by atoms with E-state index in [1.54, 1.807) is 11.1 Å². The summed E-state index contributed by atoms with van der Waals surface area (Å²) in [5.74, 6) is 0. The third kappa shape index (κ3) is 6.58. The van der Waals surface area contributed by atoms with E-state index in [9.17, 15) is 0 Å². The van der Waals surface area contributed by atoms with Gasteiger partial charge < -0.3 is 0 Å². The molecular formula is C10H13Br2Cl3. The van der Waals surface area contributed by atoms with Gasteiger partial charge in [-0.3, -0.25) is 0 Å². The van der Waals surface area contributed by atoms with Crippen molar-refractivity contribution in [1.82, 2.24) is 0 Å². The molecule has 0 radical (unpaired) electrons. The molecule has 15 heavy (non-hydrogen) atoms. The lowest BCUT2D eigenvalue weighted by molar-refractivity contribution is 0.790. The zero-order valence-electron chi connectivity index (χ0n) is 8.48. The van der Waals surface area contributed by atoms with Gasteiger partial charge in [0, 0.05) is 5.33 Å². The summed E-state index contributed by atoms with van der Waals surface area (Å²) >= 11 is 25.0. The maximum absolute atomic E-state index is 6.20. The van der Waals surface area contributed by atoms with Crippen molar-refractivity contribution in [3.05, 3.63) is 23.2 Å². The molecular weight excluding hydrogens is 386 g/mol. The number of rotatable bonds is 5. The van der Waals surface area contributed by atoms with E-state index in [0.29, 0.717) is 5.33 Å². The Bertz CT molecular complexity index is 247. The van der Waals surface area contributed by atoms with Crippen molar-refractivity contribution >= 4 is 66.7 Å². The fourth-order valence-electron chi connectivity index (χ4n) is 0.733. The number of allylic oxidation sites excluding steroid dienone is 3. The number of alkyl halides is 4. The first kappa shape index (κ1) is 16.3. The molecule has 0 unspecified atom stereocenters. The van der Waals surface area contributed by atoms with Gasteiger partial charge in [-0.1, -0.05) is 50.1 Å². The highest BCUT2D eigenvalue weighted by molar-refractivity contribution is 9.11. The van der Waals surface area contributed by atoms with Gasteiger partial charge in [-0.2, -0.15) is 0 Å². The monoisotopic (exact) mass is 396 g/mol. The summed E-state index contributed by atoms with van der Waals surface area (Å²) in [6, 6.07) is 0. The Balaban J connectivity index is 4.55. The molecule has 0 saturated carbocycles. The van der Waals surface area contributed by atoms with Gasteiger partial charge in [-0.15, -0.1) is 34.8 Å². The van der Waals surface area contributed by atoms with Crippen molar-refractivity contribution in [2.24, 2.45) is 0 Å². The Labute approximate surface area is 123 Å². The van der Waals surface area contributed by atoms with Crippen LogP contribution in [0.4, 0.5) is 0 Å². The molecule has 0 amide bonds. The first-order chi connectivity index (χ1) is 6.75. The van der Waals surface area contributed by atoms with Gasteiger partial charge in [0.25, 0.3) is 0 Å². The van der Waals surface area contributed by atoms with Crippen LogP contribution < -0.4 is 0 Å². The van der Waals surface area contributed by atoms with Gasteiger partial charge in [0.1, 0.15) is 0 Å². The lowest BCUT2D eigenvalue weighted by Gasteiger charge is -2.22. The lowest BCUT2D eigenvalue weighted by Crippen LogP contribution is -2.26. The highest BCUT2D eigenvalue weighted by Gasteiger charge is 2.26. The molecule has 5 heteroatoms. The van der Waals surface area contributed by atoms with Crippen LogP contribution >= 0.6 is 66.7 Å². The van der Waals surface area contributed by atoms with Gasteiger partial charge in [-0.25, -0.2) is 0 Å². The summed E-state index contributed by atoms with van der Waals surface area (Å²) in [6.45, 7) is 3.74. The van der Waals surface area contributed by atoms with Crippen LogP contribution in [0.1, 0.15) is 13.8 Å². The standard InChI is InChI=1S/C10H13Br2Cl3/c1-9(14,7-12)4-3-8(13)10(2,15)5-6-11/h3-6,8H,7H2,1-2H3/b4-3+,6-5+/t8-,9-,10+/m0/s1. The van der Waals surface area contributed by atoms with Crippen LogP contribution in [0.25, 0.3) is 0 Å². The third-order valence-electron chi connectivity index (χ3n) is 1.80. The van der Waals surface area contributed by atoms with Crippen LogP contribution in [0.2, 0.25) is 0 Å². The molecule has 0 aromatic rings. The molecule has 0 saturated heterocycles. The largest absolute Gasteiger partial charge is 0.116 e. The third-order valence-corrected chi connectivity index (χ3v) is 4.89. The van der Waals surface area contributed by atoms with Gasteiger partial charge in [0.15, 0.2) is 0 Å². The second kappa shape index (κ2) is 6.90. The molecule has 88 valence electrons. The average Bonchev–Trinajstić information content (AvgIpc) is 2.14. The Morgan fingerprint density at radius 3 is 2.20 bits per heavy atom. The Hall–Kier alpha value is 1.31. The molecule has 0 rings (SSSR count). The molecule has 0 fully saturated rings. The van der Waals surface area contributed by atoms with E-state index < -0.39 is 9.75 Å². The van der Waals surface area contributed by atoms with Crippen LogP contribution in [-0.2, 0) is 0 Å². The maximum atomic E-state index is 6.20. The van der Waals surface area contributed by atoms with Crippen LogP contribution in [0.3, 0.4) is 0 Å². The van der Waals surface area contributed by atoms with Gasteiger partial charge in [0.05, 0.1) is 15.1 Å². The summed E-state index contributed by atoms with van der Waals surface area (Å²) in [4.78, 5) is 0.645. The summed E-state index contributed by atoms with van der Waals surface area (Å²) in [6.07, 6.45) is 5.45. The lowest BCUT2D eigenvalue weighted by atomic mass is 10.0. The first-order valence-electron chi connectivity index (χ1n) is 4.30. The smallest absolute Gasteiger partial charge is 0.0804 e. The molecule has 0 nitrogen and oxygen atoms in total. The van der Waals surface area contributed by atoms with Crippen LogP contribution in [0, 0.1) is 0 Å². The fourth-order valence-corrected chi connectivity index (χ4v) is 1.98. The molecule has 0 aromatic heterocycles. The SMILES string of the molecule is C[C@](Cl)(/C=C/[C@H](Cl)[C@](C)(Cl)/C=C/Br)CBr. The zero-order valence-corrected chi connectivity index (χ0v) is 13.9. The maximum Gasteiger partial charge on any atom is 0.0804 e. The minimum Gasteiger partial charge on any atom is -0.116 e. The van der Waals surface area contributed by atoms with Crippen LogP contribution in [0.5, 0.6) is 0 Å². The van der Waals surface area contributed by atoms with Crippen LogP contribution in [0.15, 0.2) is 23.2 Å². The summed E-state index contributed by atoms with van der Waals surface area (Å²) in [5, 5.41) is 0.347. The fraction of sp³-hybridized carbons (Fsp3) is 0.600. The summed E-state index contributed by atoms with van der Waals surface area (Å²) < 4.78 is 0. The second-order valence-corrected chi connectivity index (χ2v) is 6.85. The Morgan fingerprint density at radius 2 is 1.80 bits per heavy atom. The molecule has 0 bridgehead atoms. The van der Waals surface area contributed by atoms with E-state index in [4.69, 9.17) is 34.8 Å². The normalized spacial score (nSPS) is 22.9. The molecule has 3 atom stereocenters. The van der Waals surface area contributed by atoms with Gasteiger partial charge in [0.2, 0.25) is 0 Å². The molecule has 0 spiro atoms. The quantitative estimate of drug-likeness (QED) is 0.426. The van der Waals surface area contributed by atoms with E-state index in [1.165, 1.54) is 0 Å². The molecule has 0 aliphatic carbocycles. The molecule has 0 aromatic carbocycles. The highest BCUT2D eigenvalue weighted by atomic mass is 79.9. The average molecular weight is 399 g/mol. The minimum absolute atomic E-state index is 0.315. The van der Waals surface area contributed by atoms with E-state index in [2.05, 4.69) is 31.9 Å². The minimum atomic E-state index is -0.624. The van der Waals surface area contributed by atoms with E-state index in [0.717, 1.165) is 0 Å². The van der Waals surface area contributed by atoms with Crippen molar-refractivity contribution in [2.45, 2.75) is 29.0 Å². The highest BCUT2D eigenvalue weighted by Crippen LogP contribution is 2.29. The molecule has 0 N–H and O–H groups in total. The van der Waals surface area contributed by atoms with E-state index >= 15 is 0 Å². The number of hydrogen-bond donors (Lipinski definition) is 0. The van der Waals surface area contributed by atoms with Gasteiger partial charge >= 0.3 is 0 Å². The molecule has 0 heterocycles. The number of hydrogen-bond acceptors (Lipinski definition) is 0. The van der Waals surface area contributed by atoms with E-state index in [-0.39, 0.29) is 5.38 Å². The van der Waals surface area contributed by atoms with Crippen molar-refractivity contribution in [1.29, 1.82) is 0 Å².